The Bertz CT molecular complexity index is 8830. The number of nitrogens with zero attached hydrogens (tertiary/aromatic N) is 18. The van der Waals surface area contributed by atoms with Crippen LogP contribution in [-0.2, 0) is 21.1 Å². The maximum absolute atomic E-state index is 13.8. The Labute approximate surface area is 777 Å². The highest BCUT2D eigenvalue weighted by Crippen LogP contribution is 2.39. The van der Waals surface area contributed by atoms with Gasteiger partial charge in [0.1, 0.15) is 23.7 Å². The fourth-order valence-electron chi connectivity index (χ4n) is 17.2. The van der Waals surface area contributed by atoms with Crippen LogP contribution in [0.4, 0.5) is 10.1 Å². The van der Waals surface area contributed by atoms with Gasteiger partial charge in [-0.2, -0.15) is 26.3 Å². The summed E-state index contributed by atoms with van der Waals surface area (Å²) in [5.74, 6) is -0.396. The molecule has 0 spiro atoms. The van der Waals surface area contributed by atoms with E-state index in [1.165, 1.54) is 34.4 Å². The molecule has 1 aliphatic rings. The van der Waals surface area contributed by atoms with E-state index in [4.69, 9.17) is 39.5 Å². The predicted octanol–water partition coefficient (Wildman–Crippen LogP) is 19.8. The van der Waals surface area contributed by atoms with Crippen molar-refractivity contribution in [1.82, 2.24) is 61.8 Å². The van der Waals surface area contributed by atoms with Crippen LogP contribution in [0, 0.1) is 76.3 Å². The highest BCUT2D eigenvalue weighted by atomic mass is 35.5. The Morgan fingerprint density at radius 2 is 0.784 bits per heavy atom. The van der Waals surface area contributed by atoms with Crippen molar-refractivity contribution < 1.29 is 13.9 Å². The van der Waals surface area contributed by atoms with Gasteiger partial charge in [-0.25, -0.2) is 28.1 Å². The van der Waals surface area contributed by atoms with E-state index in [0.717, 1.165) is 136 Å². The minimum atomic E-state index is -0.573. The molecule has 21 rings (SSSR count). The van der Waals surface area contributed by atoms with Crippen molar-refractivity contribution in [3.63, 3.8) is 0 Å². The molecule has 0 unspecified atom stereocenters. The van der Waals surface area contributed by atoms with Crippen molar-refractivity contribution >= 4 is 134 Å². The molecule has 134 heavy (non-hydrogen) atoms. The topological polar surface area (TPSA) is 320 Å². The second-order valence-electron chi connectivity index (χ2n) is 32.0. The molecule has 0 amide bonds. The lowest BCUT2D eigenvalue weighted by molar-refractivity contribution is 0.0937. The van der Waals surface area contributed by atoms with Crippen molar-refractivity contribution in [2.75, 3.05) is 38.2 Å². The summed E-state index contributed by atoms with van der Waals surface area (Å²) in [5, 5.41) is 55.6. The van der Waals surface area contributed by atoms with E-state index in [1.807, 2.05) is 178 Å². The van der Waals surface area contributed by atoms with Crippen molar-refractivity contribution in [3.05, 3.63) is 363 Å². The van der Waals surface area contributed by atoms with Gasteiger partial charge in [-0.05, 0) is 227 Å². The van der Waals surface area contributed by atoms with Crippen molar-refractivity contribution in [2.45, 2.75) is 20.8 Å². The fourth-order valence-corrected chi connectivity index (χ4v) is 17.7. The number of aryl methyl sites for hydroxylation is 5. The Kier molecular flexibility index (Phi) is 23.6. The number of nitriles is 5. The molecular formula is C105H73Cl3FN19O6. The molecule has 1 aliphatic heterocycles. The summed E-state index contributed by atoms with van der Waals surface area (Å²) in [7, 11) is 6.74. The quantitative estimate of drug-likeness (QED) is 0.133. The number of piperazine rings is 1. The van der Waals surface area contributed by atoms with Crippen LogP contribution in [-0.4, -0.2) is 95.7 Å². The normalized spacial score (nSPS) is 11.8. The first kappa shape index (κ1) is 87.5. The zero-order valence-electron chi connectivity index (χ0n) is 72.7. The van der Waals surface area contributed by atoms with E-state index in [9.17, 15) is 54.7 Å². The number of hydrogen-bond donors (Lipinski definition) is 1. The fraction of sp³-hybridized carbons (Fsp3) is 0.105. The molecule has 0 saturated carbocycles. The van der Waals surface area contributed by atoms with Gasteiger partial charge in [0, 0.05) is 85.8 Å². The third-order valence-electron chi connectivity index (χ3n) is 24.1. The second-order valence-corrected chi connectivity index (χ2v) is 33.3. The number of carbonyl (C=O) groups excluding carboxylic acids is 1. The standard InChI is InChI=1S/C28H23ClN6O.C26H19ClN4O2.C26H16FN5O.C25H15ClN4O2/c1-33-26-17-32-24-8-4-19(18-2-5-21(29)6-3-18)15-23(24)27(26)35(28(33)36)22-7-9-25(20(14-22)16-30)34-12-10-31-11-13-34;1-15-4-5-16(13-28)10-22(15)31-25-19-11-17(18-6-8-20(27)24(12-18)33-3)7-9-21(19)29-14-23(25)30(2)26(31)32;1-15-3-4-16(12-28)9-23(15)32-25-20-11-18(17-5-7-21(27)19(10-17)13-29)6-8-22(20)30-14-24(25)31(2)26(32)33;1-15(31)29-23-14-28-22-10-7-18(17-5-8-19(26)9-6-17)12-21(22)24(23)30(25(29)32)20-4-2-3-16(11-20)13-27/h2-9,14-15,17,31H,10-13H2,1H3;4-12,14H,1-3H3;3-11,14H,1-2H3;2-12,14H,1H3. The van der Waals surface area contributed by atoms with Crippen LogP contribution in [0.5, 0.6) is 5.75 Å². The molecule has 29 heteroatoms. The molecule has 1 fully saturated rings. The molecule has 1 saturated heterocycles. The van der Waals surface area contributed by atoms with Gasteiger partial charge in [-0.1, -0.05) is 114 Å². The number of ether oxygens (including phenoxy) is 1. The number of carbonyl (C=O) groups is 1. The van der Waals surface area contributed by atoms with Crippen LogP contribution < -0.4 is 37.7 Å². The first-order valence-electron chi connectivity index (χ1n) is 42.0. The number of pyridine rings is 4. The van der Waals surface area contributed by atoms with Crippen molar-refractivity contribution in [2.24, 2.45) is 21.1 Å². The van der Waals surface area contributed by atoms with E-state index in [0.29, 0.717) is 110 Å². The summed E-state index contributed by atoms with van der Waals surface area (Å²) in [6.45, 7) is 8.59. The Morgan fingerprint density at radius 1 is 0.396 bits per heavy atom. The number of hydrogen-bond acceptors (Lipinski definition) is 17. The predicted molar refractivity (Wildman–Crippen MR) is 522 cm³/mol. The van der Waals surface area contributed by atoms with E-state index in [-0.39, 0.29) is 22.6 Å². The van der Waals surface area contributed by atoms with Gasteiger partial charge >= 0.3 is 22.8 Å². The Balaban J connectivity index is 0.000000120. The molecule has 0 bridgehead atoms. The van der Waals surface area contributed by atoms with Crippen LogP contribution in [0.3, 0.4) is 0 Å². The van der Waals surface area contributed by atoms with Crippen LogP contribution in [0.15, 0.2) is 281 Å². The lowest BCUT2D eigenvalue weighted by Gasteiger charge is -2.30. The third kappa shape index (κ3) is 15.9. The Morgan fingerprint density at radius 3 is 1.24 bits per heavy atom. The van der Waals surface area contributed by atoms with Crippen LogP contribution in [0.2, 0.25) is 15.1 Å². The highest BCUT2D eigenvalue weighted by molar-refractivity contribution is 6.32. The first-order chi connectivity index (χ1) is 64.9. The molecule has 0 radical (unpaired) electrons. The first-order valence-corrected chi connectivity index (χ1v) is 43.2. The number of anilines is 1. The average Bonchev–Trinajstić information content (AvgIpc) is 1.60. The minimum Gasteiger partial charge on any atom is -0.495 e. The number of halogens is 4. The number of fused-ring (bicyclic) bond motifs is 12. The van der Waals surface area contributed by atoms with Gasteiger partial charge in [0.25, 0.3) is 0 Å². The zero-order valence-corrected chi connectivity index (χ0v) is 74.9. The number of nitrogens with one attached hydrogen (secondary N) is 1. The summed E-state index contributed by atoms with van der Waals surface area (Å²) in [6.07, 6.45) is 6.64. The summed E-state index contributed by atoms with van der Waals surface area (Å²) >= 11 is 18.3. The summed E-state index contributed by atoms with van der Waals surface area (Å²) in [5.41, 5.74) is 21.2. The Hall–Kier alpha value is -17.2. The number of benzene rings is 12. The van der Waals surface area contributed by atoms with E-state index >= 15 is 0 Å². The van der Waals surface area contributed by atoms with Crippen LogP contribution in [0.1, 0.15) is 50.7 Å². The van der Waals surface area contributed by atoms with E-state index in [2.05, 4.69) is 60.5 Å². The summed E-state index contributed by atoms with van der Waals surface area (Å²) < 4.78 is 31.5. The van der Waals surface area contributed by atoms with Gasteiger partial charge < -0.3 is 15.0 Å². The van der Waals surface area contributed by atoms with Gasteiger partial charge in [-0.3, -0.25) is 56.7 Å². The summed E-state index contributed by atoms with van der Waals surface area (Å²) in [6, 6.07) is 82.1. The molecular weight excluding hydrogens is 1750 g/mol. The third-order valence-corrected chi connectivity index (χ3v) is 24.9. The highest BCUT2D eigenvalue weighted by Gasteiger charge is 2.27. The maximum atomic E-state index is 13.8. The van der Waals surface area contributed by atoms with Gasteiger partial charge in [-0.15, -0.1) is 0 Å². The van der Waals surface area contributed by atoms with E-state index < -0.39 is 17.4 Å². The average molecular weight is 1820 g/mol. The summed E-state index contributed by atoms with van der Waals surface area (Å²) in [4.78, 5) is 86.3. The number of imidazole rings is 4. The molecule has 652 valence electrons. The number of aromatic nitrogens is 12. The SMILES string of the molecule is CC(=O)n1c(=O)n(-c2cccc(C#N)c2)c2c3cc(-c4ccc(Cl)cc4)ccc3ncc21.COc1cc(-c2ccc3ncc4c(c3c2)n(-c2cc(C#N)ccc2C)c(=O)n4C)ccc1Cl.Cc1ccc(C#N)cc1-n1c(=O)n(C)c2cnc3ccc(-c4ccc(F)c(C#N)c4)cc3c21.Cn1c(=O)n(-c2ccc(N3CCNCC3)c(C#N)c2)c2c3cc(-c4ccc(Cl)cc4)ccc3ncc21. The van der Waals surface area contributed by atoms with Crippen molar-refractivity contribution in [1.29, 1.82) is 26.3 Å². The van der Waals surface area contributed by atoms with Crippen LogP contribution in [0.25, 0.3) is 155 Å². The lowest BCUT2D eigenvalue weighted by Crippen LogP contribution is -2.43. The maximum Gasteiger partial charge on any atom is 0.340 e. The molecule has 25 nitrogen and oxygen atoms in total. The lowest BCUT2D eigenvalue weighted by atomic mass is 10.0. The van der Waals surface area contributed by atoms with Crippen LogP contribution >= 0.6 is 34.8 Å². The molecule has 0 atom stereocenters. The number of rotatable bonds is 10. The molecule has 12 aromatic carbocycles. The molecule has 9 heterocycles. The van der Waals surface area contributed by atoms with Gasteiger partial charge in [0.05, 0.1) is 178 Å². The second kappa shape index (κ2) is 36.1. The number of methoxy groups -OCH3 is 1. The monoisotopic (exact) mass is 1820 g/mol. The molecule has 1 N–H and O–H groups in total. The molecule has 20 aromatic rings. The smallest absolute Gasteiger partial charge is 0.340 e. The zero-order chi connectivity index (χ0) is 93.8. The molecule has 8 aromatic heterocycles. The van der Waals surface area contributed by atoms with Gasteiger partial charge in [0.15, 0.2) is 0 Å². The molecule has 0 aliphatic carbocycles. The van der Waals surface area contributed by atoms with E-state index in [1.54, 1.807) is 130 Å². The minimum absolute atomic E-state index is 0.0375. The van der Waals surface area contributed by atoms with Crippen molar-refractivity contribution in [3.8, 4) is 103 Å². The van der Waals surface area contributed by atoms with Gasteiger partial charge in [0.2, 0.25) is 5.91 Å². The largest absolute Gasteiger partial charge is 0.495 e.